The molecule has 0 unspecified atom stereocenters. The molecule has 2 N–H and O–H groups in total. The zero-order valence-corrected chi connectivity index (χ0v) is 18.1. The summed E-state index contributed by atoms with van der Waals surface area (Å²) in [5, 5.41) is 17.0. The summed E-state index contributed by atoms with van der Waals surface area (Å²) in [4.78, 5) is 5.98. The van der Waals surface area contributed by atoms with Crippen LogP contribution in [0.5, 0.6) is 0 Å². The molecular formula is C16H27IN6OS. The van der Waals surface area contributed by atoms with Crippen LogP contribution >= 0.6 is 35.3 Å². The third-order valence-electron chi connectivity index (χ3n) is 3.62. The van der Waals surface area contributed by atoms with E-state index in [0.717, 1.165) is 50.1 Å². The minimum atomic E-state index is 0. The van der Waals surface area contributed by atoms with Crippen molar-refractivity contribution in [1.29, 1.82) is 0 Å². The van der Waals surface area contributed by atoms with E-state index in [-0.39, 0.29) is 24.0 Å². The van der Waals surface area contributed by atoms with E-state index in [0.29, 0.717) is 6.54 Å². The predicted octanol–water partition coefficient (Wildman–Crippen LogP) is 2.12. The Morgan fingerprint density at radius 2 is 2.12 bits per heavy atom. The molecule has 25 heavy (non-hydrogen) atoms. The number of halogens is 1. The van der Waals surface area contributed by atoms with Crippen LogP contribution in [0.2, 0.25) is 0 Å². The van der Waals surface area contributed by atoms with E-state index in [4.69, 9.17) is 4.74 Å². The second-order valence-electron chi connectivity index (χ2n) is 5.42. The lowest BCUT2D eigenvalue weighted by molar-refractivity contribution is 0.195. The Hall–Kier alpha value is -1.20. The minimum absolute atomic E-state index is 0. The highest BCUT2D eigenvalue weighted by atomic mass is 127. The smallest absolute Gasteiger partial charge is 0.191 e. The number of nitrogens with one attached hydrogen (secondary N) is 2. The zero-order chi connectivity index (χ0) is 17.2. The summed E-state index contributed by atoms with van der Waals surface area (Å²) in [5.74, 6) is 2.53. The highest BCUT2D eigenvalue weighted by molar-refractivity contribution is 14.0. The number of guanidine groups is 1. The molecule has 0 radical (unpaired) electrons. The van der Waals surface area contributed by atoms with Crippen LogP contribution in [0.4, 0.5) is 0 Å². The van der Waals surface area contributed by atoms with Crippen molar-refractivity contribution in [3.05, 3.63) is 34.0 Å². The molecule has 0 amide bonds. The maximum atomic E-state index is 5.08. The number of rotatable bonds is 9. The largest absolute Gasteiger partial charge is 0.385 e. The van der Waals surface area contributed by atoms with Gasteiger partial charge in [0.1, 0.15) is 12.4 Å². The van der Waals surface area contributed by atoms with E-state index in [1.54, 1.807) is 18.4 Å². The standard InChI is InChI=1S/C16H26N6OS.HI/c1-13-20-21-15(22(13)2)12-19-16(17-8-5-10-23-3)18-9-7-14-6-4-11-24-14;/h4,6,11H,5,7-10,12H2,1-3H3,(H2,17,18,19);1H. The fourth-order valence-electron chi connectivity index (χ4n) is 2.10. The Morgan fingerprint density at radius 3 is 2.76 bits per heavy atom. The van der Waals surface area contributed by atoms with Crippen LogP contribution < -0.4 is 10.6 Å². The number of aryl methyl sites for hydroxylation is 1. The first-order valence-electron chi connectivity index (χ1n) is 8.09. The van der Waals surface area contributed by atoms with E-state index in [1.165, 1.54) is 4.88 Å². The second kappa shape index (κ2) is 12.2. The molecule has 0 fully saturated rings. The number of thiophene rings is 1. The van der Waals surface area contributed by atoms with Gasteiger partial charge in [-0.3, -0.25) is 0 Å². The van der Waals surface area contributed by atoms with Crippen molar-refractivity contribution in [1.82, 2.24) is 25.4 Å². The third kappa shape index (κ3) is 7.70. The first-order chi connectivity index (χ1) is 11.7. The van der Waals surface area contributed by atoms with Crippen LogP contribution in [0, 0.1) is 6.92 Å². The van der Waals surface area contributed by atoms with Gasteiger partial charge in [0.2, 0.25) is 0 Å². The van der Waals surface area contributed by atoms with Crippen LogP contribution in [0.1, 0.15) is 22.9 Å². The molecule has 0 aliphatic heterocycles. The number of nitrogens with zero attached hydrogens (tertiary/aromatic N) is 4. The molecule has 2 aromatic rings. The summed E-state index contributed by atoms with van der Waals surface area (Å²) in [6.07, 6.45) is 1.92. The average Bonchev–Trinajstić information content (AvgIpc) is 3.20. The molecule has 0 saturated heterocycles. The lowest BCUT2D eigenvalue weighted by Gasteiger charge is -2.12. The van der Waals surface area contributed by atoms with Crippen molar-refractivity contribution in [3.8, 4) is 0 Å². The molecule has 0 aromatic carbocycles. The zero-order valence-electron chi connectivity index (χ0n) is 15.0. The molecule has 0 aliphatic rings. The quantitative estimate of drug-likeness (QED) is 0.250. The van der Waals surface area contributed by atoms with Crippen molar-refractivity contribution >= 4 is 41.3 Å². The first kappa shape index (κ1) is 21.8. The maximum Gasteiger partial charge on any atom is 0.191 e. The number of aliphatic imine (C=N–C) groups is 1. The molecule has 7 nitrogen and oxygen atoms in total. The molecule has 0 saturated carbocycles. The topological polar surface area (TPSA) is 76.4 Å². The molecule has 0 aliphatic carbocycles. The fraction of sp³-hybridized carbons (Fsp3) is 0.562. The summed E-state index contributed by atoms with van der Waals surface area (Å²) in [5.41, 5.74) is 0. The van der Waals surface area contributed by atoms with Crippen molar-refractivity contribution < 1.29 is 4.74 Å². The van der Waals surface area contributed by atoms with Gasteiger partial charge in [-0.2, -0.15) is 0 Å². The molecule has 2 heterocycles. The van der Waals surface area contributed by atoms with Gasteiger partial charge in [0, 0.05) is 38.7 Å². The third-order valence-corrected chi connectivity index (χ3v) is 4.56. The number of hydrogen-bond acceptors (Lipinski definition) is 5. The predicted molar refractivity (Wildman–Crippen MR) is 113 cm³/mol. The van der Waals surface area contributed by atoms with Gasteiger partial charge in [-0.15, -0.1) is 45.5 Å². The van der Waals surface area contributed by atoms with Gasteiger partial charge in [-0.25, -0.2) is 4.99 Å². The summed E-state index contributed by atoms with van der Waals surface area (Å²) < 4.78 is 7.04. The van der Waals surface area contributed by atoms with Crippen molar-refractivity contribution in [2.75, 3.05) is 26.8 Å². The number of ether oxygens (including phenoxy) is 1. The lowest BCUT2D eigenvalue weighted by Crippen LogP contribution is -2.39. The summed E-state index contributed by atoms with van der Waals surface area (Å²) in [6, 6.07) is 4.23. The normalized spacial score (nSPS) is 11.2. The molecule has 2 aromatic heterocycles. The van der Waals surface area contributed by atoms with E-state index in [2.05, 4.69) is 43.3 Å². The van der Waals surface area contributed by atoms with Crippen molar-refractivity contribution in [2.24, 2.45) is 12.0 Å². The number of methoxy groups -OCH3 is 1. The van der Waals surface area contributed by atoms with E-state index >= 15 is 0 Å². The number of hydrogen-bond donors (Lipinski definition) is 2. The molecule has 0 spiro atoms. The second-order valence-corrected chi connectivity index (χ2v) is 6.45. The Bertz CT molecular complexity index is 629. The Labute approximate surface area is 170 Å². The number of aromatic nitrogens is 3. The molecule has 2 rings (SSSR count). The lowest BCUT2D eigenvalue weighted by atomic mass is 10.3. The van der Waals surface area contributed by atoms with Crippen LogP contribution in [0.3, 0.4) is 0 Å². The Balaban J connectivity index is 0.00000312. The molecule has 0 atom stereocenters. The SMILES string of the molecule is COCCCNC(=NCc1nnc(C)n1C)NCCc1cccs1.I. The Kier molecular flexibility index (Phi) is 10.7. The van der Waals surface area contributed by atoms with Crippen LogP contribution in [0.15, 0.2) is 22.5 Å². The van der Waals surface area contributed by atoms with E-state index in [9.17, 15) is 0 Å². The highest BCUT2D eigenvalue weighted by Gasteiger charge is 2.05. The molecular weight excluding hydrogens is 451 g/mol. The van der Waals surface area contributed by atoms with Gasteiger partial charge in [-0.1, -0.05) is 6.07 Å². The van der Waals surface area contributed by atoms with E-state index < -0.39 is 0 Å². The summed E-state index contributed by atoms with van der Waals surface area (Å²) in [6.45, 7) is 4.82. The van der Waals surface area contributed by atoms with Gasteiger partial charge in [-0.05, 0) is 31.2 Å². The maximum absolute atomic E-state index is 5.08. The summed E-state index contributed by atoms with van der Waals surface area (Å²) in [7, 11) is 3.67. The van der Waals surface area contributed by atoms with Gasteiger partial charge in [0.05, 0.1) is 0 Å². The van der Waals surface area contributed by atoms with Gasteiger partial charge < -0.3 is 19.9 Å². The van der Waals surface area contributed by atoms with Crippen LogP contribution in [0.25, 0.3) is 0 Å². The van der Waals surface area contributed by atoms with Crippen molar-refractivity contribution in [3.63, 3.8) is 0 Å². The molecule has 0 bridgehead atoms. The van der Waals surface area contributed by atoms with Crippen LogP contribution in [-0.4, -0.2) is 47.5 Å². The monoisotopic (exact) mass is 478 g/mol. The average molecular weight is 478 g/mol. The van der Waals surface area contributed by atoms with Crippen molar-refractivity contribution in [2.45, 2.75) is 26.3 Å². The first-order valence-corrected chi connectivity index (χ1v) is 8.97. The summed E-state index contributed by atoms with van der Waals surface area (Å²) >= 11 is 1.78. The van der Waals surface area contributed by atoms with Gasteiger partial charge >= 0.3 is 0 Å². The fourth-order valence-corrected chi connectivity index (χ4v) is 2.80. The van der Waals surface area contributed by atoms with Gasteiger partial charge in [0.15, 0.2) is 11.8 Å². The Morgan fingerprint density at radius 1 is 1.32 bits per heavy atom. The van der Waals surface area contributed by atoms with E-state index in [1.807, 2.05) is 18.5 Å². The van der Waals surface area contributed by atoms with Crippen LogP contribution in [-0.2, 0) is 24.8 Å². The minimum Gasteiger partial charge on any atom is -0.385 e. The van der Waals surface area contributed by atoms with Gasteiger partial charge in [0.25, 0.3) is 0 Å². The highest BCUT2D eigenvalue weighted by Crippen LogP contribution is 2.08. The molecule has 9 heteroatoms. The molecule has 140 valence electrons.